The lowest BCUT2D eigenvalue weighted by molar-refractivity contribution is -0.119. The first-order valence-corrected chi connectivity index (χ1v) is 11.8. The highest BCUT2D eigenvalue weighted by Crippen LogP contribution is 2.28. The molecule has 0 unspecified atom stereocenters. The van der Waals surface area contributed by atoms with Crippen LogP contribution in [-0.2, 0) is 21.2 Å². The van der Waals surface area contributed by atoms with Crippen LogP contribution in [0.3, 0.4) is 0 Å². The van der Waals surface area contributed by atoms with E-state index in [-0.39, 0.29) is 10.6 Å². The first-order chi connectivity index (χ1) is 14.4. The molecule has 3 rings (SSSR count). The zero-order valence-corrected chi connectivity index (χ0v) is 18.9. The molecule has 0 saturated heterocycles. The Bertz CT molecular complexity index is 1100. The summed E-state index contributed by atoms with van der Waals surface area (Å²) in [6.45, 7) is 1.68. The van der Waals surface area contributed by atoms with Crippen LogP contribution >= 0.6 is 15.9 Å². The third kappa shape index (κ3) is 5.09. The Hall–Kier alpha value is -2.64. The highest BCUT2D eigenvalue weighted by Gasteiger charge is 2.31. The lowest BCUT2D eigenvalue weighted by Gasteiger charge is -2.23. The number of nitrogens with zero attached hydrogens (tertiary/aromatic N) is 1. The largest absolute Gasteiger partial charge is 0.483 e. The average Bonchev–Trinajstić information content (AvgIpc) is 2.75. The first kappa shape index (κ1) is 22.1. The molecule has 0 aliphatic rings. The number of amides is 1. The summed E-state index contributed by atoms with van der Waals surface area (Å²) in [5.41, 5.74) is 1.41. The van der Waals surface area contributed by atoms with Crippen LogP contribution in [0.5, 0.6) is 5.75 Å². The molecule has 0 aliphatic heterocycles. The van der Waals surface area contributed by atoms with Crippen LogP contribution in [-0.4, -0.2) is 20.9 Å². The second-order valence-electron chi connectivity index (χ2n) is 6.62. The van der Waals surface area contributed by atoms with E-state index in [0.717, 1.165) is 27.2 Å². The number of benzene rings is 3. The van der Waals surface area contributed by atoms with E-state index in [1.165, 1.54) is 12.1 Å². The zero-order chi connectivity index (χ0) is 21.6. The van der Waals surface area contributed by atoms with Crippen molar-refractivity contribution in [1.29, 1.82) is 0 Å². The minimum atomic E-state index is -4.09. The van der Waals surface area contributed by atoms with Gasteiger partial charge in [-0.05, 0) is 64.3 Å². The maximum atomic E-state index is 13.2. The van der Waals surface area contributed by atoms with Crippen molar-refractivity contribution in [1.82, 2.24) is 0 Å². The Morgan fingerprint density at radius 1 is 0.967 bits per heavy atom. The molecule has 0 spiro atoms. The van der Waals surface area contributed by atoms with Gasteiger partial charge in [-0.15, -0.1) is 0 Å². The molecule has 156 valence electrons. The van der Waals surface area contributed by atoms with Gasteiger partial charge in [0, 0.05) is 0 Å². The van der Waals surface area contributed by atoms with E-state index in [9.17, 15) is 13.2 Å². The second kappa shape index (κ2) is 9.91. The lowest BCUT2D eigenvalue weighted by atomic mass is 10.1. The highest BCUT2D eigenvalue weighted by atomic mass is 79.9. The summed E-state index contributed by atoms with van der Waals surface area (Å²) in [7, 11) is -4.09. The SMILES string of the molecule is CCCc1ccc(OCC(=O)N(c2ccccc2)S(=O)(=O)c2ccccc2)c(Br)c1. The summed E-state index contributed by atoms with van der Waals surface area (Å²) >= 11 is 3.46. The number of carbonyl (C=O) groups excluding carboxylic acids is 1. The number of sulfonamides is 1. The van der Waals surface area contributed by atoms with Gasteiger partial charge < -0.3 is 4.74 Å². The van der Waals surface area contributed by atoms with Crippen LogP contribution in [0.4, 0.5) is 5.69 Å². The average molecular weight is 488 g/mol. The fourth-order valence-electron chi connectivity index (χ4n) is 2.98. The summed E-state index contributed by atoms with van der Waals surface area (Å²) < 4.78 is 33.6. The normalized spacial score (nSPS) is 11.1. The van der Waals surface area contributed by atoms with Crippen molar-refractivity contribution in [2.45, 2.75) is 24.7 Å². The molecule has 0 heterocycles. The summed E-state index contributed by atoms with van der Waals surface area (Å²) in [6, 6.07) is 21.8. The van der Waals surface area contributed by atoms with Gasteiger partial charge in [0.15, 0.2) is 6.61 Å². The van der Waals surface area contributed by atoms with Gasteiger partial charge in [0.1, 0.15) is 5.75 Å². The minimum Gasteiger partial charge on any atom is -0.483 e. The summed E-state index contributed by atoms with van der Waals surface area (Å²) in [6.07, 6.45) is 1.96. The molecular formula is C23H22BrNO4S. The summed E-state index contributed by atoms with van der Waals surface area (Å²) in [4.78, 5) is 13.1. The number of para-hydroxylation sites is 1. The zero-order valence-electron chi connectivity index (χ0n) is 16.5. The number of hydrogen-bond acceptors (Lipinski definition) is 4. The van der Waals surface area contributed by atoms with Crippen LogP contribution in [0.15, 0.2) is 88.2 Å². The van der Waals surface area contributed by atoms with Crippen LogP contribution < -0.4 is 9.04 Å². The van der Waals surface area contributed by atoms with Crippen molar-refractivity contribution in [3.05, 3.63) is 88.9 Å². The molecule has 0 saturated carbocycles. The minimum absolute atomic E-state index is 0.0345. The first-order valence-electron chi connectivity index (χ1n) is 9.53. The molecule has 7 heteroatoms. The van der Waals surface area contributed by atoms with E-state index in [1.54, 1.807) is 54.6 Å². The maximum absolute atomic E-state index is 13.2. The quantitative estimate of drug-likeness (QED) is 0.437. The number of carbonyl (C=O) groups is 1. The molecule has 30 heavy (non-hydrogen) atoms. The Kier molecular flexibility index (Phi) is 7.29. The van der Waals surface area contributed by atoms with Gasteiger partial charge in [0.05, 0.1) is 15.1 Å². The van der Waals surface area contributed by atoms with Gasteiger partial charge in [-0.25, -0.2) is 8.42 Å². The second-order valence-corrected chi connectivity index (χ2v) is 9.26. The molecule has 0 aromatic heterocycles. The fourth-order valence-corrected chi connectivity index (χ4v) is 4.95. The molecule has 0 aliphatic carbocycles. The van der Waals surface area contributed by atoms with E-state index in [0.29, 0.717) is 5.75 Å². The van der Waals surface area contributed by atoms with Gasteiger partial charge in [0.2, 0.25) is 0 Å². The summed E-state index contributed by atoms with van der Waals surface area (Å²) in [5, 5.41) is 0. The van der Waals surface area contributed by atoms with E-state index in [1.807, 2.05) is 12.1 Å². The monoisotopic (exact) mass is 487 g/mol. The molecular weight excluding hydrogens is 466 g/mol. The number of rotatable bonds is 8. The van der Waals surface area contributed by atoms with Gasteiger partial charge in [-0.1, -0.05) is 55.8 Å². The molecule has 5 nitrogen and oxygen atoms in total. The molecule has 0 atom stereocenters. The predicted molar refractivity (Wildman–Crippen MR) is 121 cm³/mol. The smallest absolute Gasteiger partial charge is 0.278 e. The van der Waals surface area contributed by atoms with Crippen LogP contribution in [0.2, 0.25) is 0 Å². The highest BCUT2D eigenvalue weighted by molar-refractivity contribution is 9.10. The summed E-state index contributed by atoms with van der Waals surface area (Å²) in [5.74, 6) is -0.206. The van der Waals surface area contributed by atoms with E-state index < -0.39 is 22.5 Å². The van der Waals surface area contributed by atoms with Gasteiger partial charge in [0.25, 0.3) is 15.9 Å². The lowest BCUT2D eigenvalue weighted by Crippen LogP contribution is -2.40. The van der Waals surface area contributed by atoms with Crippen molar-refractivity contribution in [2.24, 2.45) is 0 Å². The van der Waals surface area contributed by atoms with E-state index in [2.05, 4.69) is 22.9 Å². The fraction of sp³-hybridized carbons (Fsp3) is 0.174. The Labute approximate surface area is 185 Å². The van der Waals surface area contributed by atoms with E-state index in [4.69, 9.17) is 4.74 Å². The number of hydrogen-bond donors (Lipinski definition) is 0. The van der Waals surface area contributed by atoms with Crippen molar-refractivity contribution < 1.29 is 17.9 Å². The number of aryl methyl sites for hydroxylation is 1. The van der Waals surface area contributed by atoms with Gasteiger partial charge in [-0.2, -0.15) is 4.31 Å². The van der Waals surface area contributed by atoms with Gasteiger partial charge >= 0.3 is 0 Å². The third-order valence-electron chi connectivity index (χ3n) is 4.38. The van der Waals surface area contributed by atoms with Crippen molar-refractivity contribution in [2.75, 3.05) is 10.9 Å². The predicted octanol–water partition coefficient (Wildman–Crippen LogP) is 5.20. The van der Waals surface area contributed by atoms with Crippen LogP contribution in [0.25, 0.3) is 0 Å². The Morgan fingerprint density at radius 2 is 1.60 bits per heavy atom. The third-order valence-corrected chi connectivity index (χ3v) is 6.77. The van der Waals surface area contributed by atoms with Crippen LogP contribution in [0, 0.1) is 0 Å². The van der Waals surface area contributed by atoms with Crippen molar-refractivity contribution in [3.8, 4) is 5.75 Å². The van der Waals surface area contributed by atoms with Crippen molar-refractivity contribution >= 4 is 37.5 Å². The number of ether oxygens (including phenoxy) is 1. The molecule has 3 aromatic carbocycles. The van der Waals surface area contributed by atoms with Gasteiger partial charge in [-0.3, -0.25) is 4.79 Å². The molecule has 3 aromatic rings. The molecule has 0 radical (unpaired) electrons. The molecule has 0 fully saturated rings. The Balaban J connectivity index is 1.87. The molecule has 0 bridgehead atoms. The topological polar surface area (TPSA) is 63.7 Å². The standard InChI is InChI=1S/C23H22BrNO4S/c1-2-9-18-14-15-22(21(24)16-18)29-17-23(26)25(19-10-5-3-6-11-19)30(27,28)20-12-7-4-8-13-20/h3-8,10-16H,2,9,17H2,1H3. The van der Waals surface area contributed by atoms with E-state index >= 15 is 0 Å². The molecule has 1 amide bonds. The number of anilines is 1. The van der Waals surface area contributed by atoms with Crippen LogP contribution in [0.1, 0.15) is 18.9 Å². The number of halogens is 1. The Morgan fingerprint density at radius 3 is 2.20 bits per heavy atom. The maximum Gasteiger partial charge on any atom is 0.278 e. The molecule has 0 N–H and O–H groups in total. The van der Waals surface area contributed by atoms with Crippen molar-refractivity contribution in [3.63, 3.8) is 0 Å².